The summed E-state index contributed by atoms with van der Waals surface area (Å²) in [5.41, 5.74) is 6.28. The Balaban J connectivity index is 2.09. The molecular formula is C13H12N2O. The van der Waals surface area contributed by atoms with Gasteiger partial charge in [0.25, 0.3) is 0 Å². The van der Waals surface area contributed by atoms with Crippen molar-refractivity contribution < 1.29 is 4.79 Å². The molecule has 0 saturated heterocycles. The molecule has 0 radical (unpaired) electrons. The lowest BCUT2D eigenvalue weighted by Gasteiger charge is -2.02. The Hall–Kier alpha value is -2.16. The Morgan fingerprint density at radius 2 is 2.00 bits per heavy atom. The van der Waals surface area contributed by atoms with Gasteiger partial charge in [0.2, 0.25) is 0 Å². The third-order valence-electron chi connectivity index (χ3n) is 2.31. The second-order valence-electron chi connectivity index (χ2n) is 3.57. The molecule has 0 bridgehead atoms. The maximum atomic E-state index is 10.7. The van der Waals surface area contributed by atoms with Crippen molar-refractivity contribution in [3.63, 3.8) is 0 Å². The number of aldehydes is 1. The second-order valence-corrected chi connectivity index (χ2v) is 3.57. The molecule has 3 nitrogen and oxygen atoms in total. The number of aryl methyl sites for hydroxylation is 1. The Morgan fingerprint density at radius 3 is 2.69 bits per heavy atom. The van der Waals surface area contributed by atoms with E-state index >= 15 is 0 Å². The highest BCUT2D eigenvalue weighted by Crippen LogP contribution is 2.10. The minimum absolute atomic E-state index is 0.597. The van der Waals surface area contributed by atoms with Crippen LogP contribution in [0, 0.1) is 6.92 Å². The first-order valence-electron chi connectivity index (χ1n) is 5.04. The number of hydrazone groups is 1. The zero-order chi connectivity index (χ0) is 11.4. The van der Waals surface area contributed by atoms with Gasteiger partial charge in [0.1, 0.15) is 0 Å². The number of rotatable bonds is 3. The third kappa shape index (κ3) is 2.25. The van der Waals surface area contributed by atoms with Gasteiger partial charge < -0.3 is 0 Å². The molecule has 0 unspecified atom stereocenters. The fourth-order valence-electron chi connectivity index (χ4n) is 1.38. The quantitative estimate of drug-likeness (QED) is 0.617. The number of hydrogen-bond acceptors (Lipinski definition) is 3. The summed E-state index contributed by atoms with van der Waals surface area (Å²) in [5, 5.41) is 4.16. The van der Waals surface area contributed by atoms with E-state index in [4.69, 9.17) is 0 Å². The van der Waals surface area contributed by atoms with Crippen molar-refractivity contribution in [2.24, 2.45) is 5.10 Å². The number of benzene rings is 1. The zero-order valence-corrected chi connectivity index (χ0v) is 8.97. The average molecular weight is 212 g/mol. The molecule has 1 aromatic carbocycles. The molecule has 0 amide bonds. The van der Waals surface area contributed by atoms with Gasteiger partial charge in [-0.3, -0.25) is 10.2 Å². The van der Waals surface area contributed by atoms with Gasteiger partial charge in [0.15, 0.2) is 6.29 Å². The van der Waals surface area contributed by atoms with Crippen molar-refractivity contribution in [1.29, 1.82) is 0 Å². The molecule has 1 N–H and O–H groups in total. The maximum absolute atomic E-state index is 10.7. The van der Waals surface area contributed by atoms with Crippen LogP contribution in [0.1, 0.15) is 5.56 Å². The molecule has 0 atom stereocenters. The van der Waals surface area contributed by atoms with Crippen molar-refractivity contribution in [3.8, 4) is 0 Å². The number of anilines is 1. The summed E-state index contributed by atoms with van der Waals surface area (Å²) in [6.07, 6.45) is 6.14. The second kappa shape index (κ2) is 4.57. The van der Waals surface area contributed by atoms with Crippen LogP contribution in [0.4, 0.5) is 5.69 Å². The van der Waals surface area contributed by atoms with E-state index in [2.05, 4.69) is 10.5 Å². The van der Waals surface area contributed by atoms with E-state index < -0.39 is 0 Å². The Kier molecular flexibility index (Phi) is 2.96. The summed E-state index contributed by atoms with van der Waals surface area (Å²) in [4.78, 5) is 10.7. The normalized spacial score (nSPS) is 16.3. The molecule has 1 aliphatic carbocycles. The van der Waals surface area contributed by atoms with Gasteiger partial charge in [-0.05, 0) is 31.2 Å². The molecule has 0 aromatic heterocycles. The monoisotopic (exact) mass is 212 g/mol. The van der Waals surface area contributed by atoms with Gasteiger partial charge in [-0.2, -0.15) is 5.10 Å². The van der Waals surface area contributed by atoms with E-state index in [1.807, 2.05) is 31.2 Å². The van der Waals surface area contributed by atoms with Crippen LogP contribution in [0.5, 0.6) is 0 Å². The first-order chi connectivity index (χ1) is 7.79. The Bertz CT molecular complexity index is 481. The number of allylic oxidation sites excluding steroid dienone is 4. The van der Waals surface area contributed by atoms with Crippen LogP contribution in [-0.4, -0.2) is 12.0 Å². The molecule has 1 aromatic rings. The standard InChI is InChI=1S/C13H12N2O/c1-10-5-7-12(8-6-10)14-15-13-4-2-3-11(13)9-16/h2-9,14H,1H3. The fourth-order valence-corrected chi connectivity index (χ4v) is 1.38. The summed E-state index contributed by atoms with van der Waals surface area (Å²) in [5.74, 6) is 0. The van der Waals surface area contributed by atoms with E-state index in [0.717, 1.165) is 12.0 Å². The van der Waals surface area contributed by atoms with E-state index in [9.17, 15) is 4.79 Å². The fraction of sp³-hybridized carbons (Fsp3) is 0.0769. The van der Waals surface area contributed by atoms with Crippen molar-refractivity contribution in [1.82, 2.24) is 0 Å². The van der Waals surface area contributed by atoms with Gasteiger partial charge in [0, 0.05) is 5.57 Å². The summed E-state index contributed by atoms with van der Waals surface area (Å²) < 4.78 is 0. The average Bonchev–Trinajstić information content (AvgIpc) is 2.76. The van der Waals surface area contributed by atoms with E-state index in [-0.39, 0.29) is 0 Å². The summed E-state index contributed by atoms with van der Waals surface area (Å²) in [6, 6.07) is 7.90. The number of carbonyl (C=O) groups excluding carboxylic acids is 1. The lowest BCUT2D eigenvalue weighted by atomic mass is 10.2. The highest BCUT2D eigenvalue weighted by Gasteiger charge is 2.06. The number of nitrogens with zero attached hydrogens (tertiary/aromatic N) is 1. The molecule has 0 aliphatic heterocycles. The Morgan fingerprint density at radius 1 is 1.25 bits per heavy atom. The topological polar surface area (TPSA) is 41.5 Å². The number of hydrogen-bond donors (Lipinski definition) is 1. The summed E-state index contributed by atoms with van der Waals surface area (Å²) >= 11 is 0. The molecule has 1 aliphatic rings. The van der Waals surface area contributed by atoms with Crippen LogP contribution in [0.25, 0.3) is 0 Å². The molecule has 0 fully saturated rings. The van der Waals surface area contributed by atoms with Crippen LogP contribution < -0.4 is 5.43 Å². The molecule has 80 valence electrons. The third-order valence-corrected chi connectivity index (χ3v) is 2.31. The number of nitrogens with one attached hydrogen (secondary N) is 1. The van der Waals surface area contributed by atoms with Gasteiger partial charge in [-0.15, -0.1) is 0 Å². The van der Waals surface area contributed by atoms with Crippen LogP contribution in [0.2, 0.25) is 0 Å². The van der Waals surface area contributed by atoms with Crippen molar-refractivity contribution in [2.45, 2.75) is 6.92 Å². The summed E-state index contributed by atoms with van der Waals surface area (Å²) in [7, 11) is 0. The highest BCUT2D eigenvalue weighted by molar-refractivity contribution is 6.22. The van der Waals surface area contributed by atoms with Crippen molar-refractivity contribution >= 4 is 17.7 Å². The first-order valence-corrected chi connectivity index (χ1v) is 5.04. The van der Waals surface area contributed by atoms with Gasteiger partial charge in [-0.1, -0.05) is 23.8 Å². The van der Waals surface area contributed by atoms with Gasteiger partial charge >= 0.3 is 0 Å². The Labute approximate surface area is 94.2 Å². The van der Waals surface area contributed by atoms with Gasteiger partial charge in [-0.25, -0.2) is 0 Å². The predicted molar refractivity (Wildman–Crippen MR) is 65.5 cm³/mol. The molecule has 0 heterocycles. The minimum Gasteiger partial charge on any atom is -0.298 e. The highest BCUT2D eigenvalue weighted by atomic mass is 16.1. The SMILES string of the molecule is Cc1ccc(NN=C2C=CC=C2C=O)cc1. The smallest absolute Gasteiger partial charge is 0.152 e. The van der Waals surface area contributed by atoms with Crippen molar-refractivity contribution in [2.75, 3.05) is 5.43 Å². The van der Waals surface area contributed by atoms with Crippen molar-refractivity contribution in [3.05, 3.63) is 53.6 Å². The first kappa shape index (κ1) is 10.4. The summed E-state index contributed by atoms with van der Waals surface area (Å²) in [6.45, 7) is 2.03. The zero-order valence-electron chi connectivity index (χ0n) is 8.97. The van der Waals surface area contributed by atoms with Crippen LogP contribution in [0.15, 0.2) is 53.2 Å². The van der Waals surface area contributed by atoms with Crippen LogP contribution >= 0.6 is 0 Å². The van der Waals surface area contributed by atoms with E-state index in [0.29, 0.717) is 11.3 Å². The largest absolute Gasteiger partial charge is 0.298 e. The molecule has 3 heteroatoms. The molecule has 2 rings (SSSR count). The minimum atomic E-state index is 0.597. The van der Waals surface area contributed by atoms with E-state index in [1.54, 1.807) is 18.2 Å². The molecule has 0 spiro atoms. The van der Waals surface area contributed by atoms with Crippen LogP contribution in [0.3, 0.4) is 0 Å². The lowest BCUT2D eigenvalue weighted by Crippen LogP contribution is -2.01. The maximum Gasteiger partial charge on any atom is 0.152 e. The lowest BCUT2D eigenvalue weighted by molar-refractivity contribution is -0.104. The van der Waals surface area contributed by atoms with Crippen LogP contribution in [-0.2, 0) is 4.79 Å². The van der Waals surface area contributed by atoms with Gasteiger partial charge in [0.05, 0.1) is 11.4 Å². The van der Waals surface area contributed by atoms with E-state index in [1.165, 1.54) is 5.56 Å². The molecule has 16 heavy (non-hydrogen) atoms. The molecule has 0 saturated carbocycles. The number of carbonyl (C=O) groups is 1. The molecular weight excluding hydrogens is 200 g/mol. The predicted octanol–water partition coefficient (Wildman–Crippen LogP) is 2.46.